The Morgan fingerprint density at radius 2 is 1.90 bits per heavy atom. The summed E-state index contributed by atoms with van der Waals surface area (Å²) >= 11 is 3.32. The zero-order chi connectivity index (χ0) is 14.8. The molecule has 0 atom stereocenters. The monoisotopic (exact) mass is 341 g/mol. The van der Waals surface area contributed by atoms with Gasteiger partial charge in [0.2, 0.25) is 5.91 Å². The van der Waals surface area contributed by atoms with Crippen LogP contribution in [0.3, 0.4) is 0 Å². The van der Waals surface area contributed by atoms with E-state index in [1.54, 1.807) is 12.1 Å². The van der Waals surface area contributed by atoms with Crippen molar-refractivity contribution in [3.63, 3.8) is 0 Å². The predicted molar refractivity (Wildman–Crippen MR) is 82.4 cm³/mol. The third-order valence-electron chi connectivity index (χ3n) is 2.66. The molecule has 0 aliphatic heterocycles. The maximum Gasteiger partial charge on any atom is 0.251 e. The molecule has 6 heteroatoms. The van der Waals surface area contributed by atoms with Gasteiger partial charge in [0.1, 0.15) is 0 Å². The highest BCUT2D eigenvalue weighted by atomic mass is 79.9. The lowest BCUT2D eigenvalue weighted by Gasteiger charge is -2.07. The van der Waals surface area contributed by atoms with Crippen molar-refractivity contribution in [1.29, 1.82) is 0 Å². The van der Waals surface area contributed by atoms with Crippen LogP contribution in [-0.2, 0) is 4.79 Å². The van der Waals surface area contributed by atoms with Crippen molar-refractivity contribution in [2.45, 2.75) is 19.3 Å². The van der Waals surface area contributed by atoms with Crippen LogP contribution in [0.1, 0.15) is 29.6 Å². The Bertz CT molecular complexity index is 452. The van der Waals surface area contributed by atoms with Gasteiger partial charge in [-0.25, -0.2) is 0 Å². The Morgan fingerprint density at radius 3 is 2.60 bits per heavy atom. The summed E-state index contributed by atoms with van der Waals surface area (Å²) in [5.74, 6) is -0.102. The fourth-order valence-electron chi connectivity index (χ4n) is 1.60. The Balaban J connectivity index is 2.15. The van der Waals surface area contributed by atoms with Gasteiger partial charge in [0.05, 0.1) is 0 Å². The second-order valence-electron chi connectivity index (χ2n) is 4.36. The molecular weight excluding hydrogens is 322 g/mol. The third-order valence-corrected chi connectivity index (χ3v) is 3.15. The molecule has 4 N–H and O–H groups in total. The van der Waals surface area contributed by atoms with E-state index in [0.29, 0.717) is 44.5 Å². The van der Waals surface area contributed by atoms with Gasteiger partial charge in [0.15, 0.2) is 0 Å². The summed E-state index contributed by atoms with van der Waals surface area (Å²) in [6, 6.07) is 7.21. The van der Waals surface area contributed by atoms with Gasteiger partial charge in [0, 0.05) is 29.5 Å². The summed E-state index contributed by atoms with van der Waals surface area (Å²) in [7, 11) is 0. The average Bonchev–Trinajstić information content (AvgIpc) is 2.44. The van der Waals surface area contributed by atoms with E-state index in [1.165, 1.54) is 0 Å². The third kappa shape index (κ3) is 6.68. The Morgan fingerprint density at radius 1 is 1.15 bits per heavy atom. The second kappa shape index (κ2) is 9.50. The predicted octanol–water partition coefficient (Wildman–Crippen LogP) is 1.42. The molecule has 0 saturated carbocycles. The van der Waals surface area contributed by atoms with Gasteiger partial charge in [-0.15, -0.1) is 0 Å². The highest BCUT2D eigenvalue weighted by Crippen LogP contribution is 2.11. The van der Waals surface area contributed by atoms with Crippen molar-refractivity contribution < 1.29 is 9.59 Å². The summed E-state index contributed by atoms with van der Waals surface area (Å²) in [6.45, 7) is 1.61. The number of carbonyl (C=O) groups is 2. The van der Waals surface area contributed by atoms with Crippen LogP contribution < -0.4 is 16.4 Å². The van der Waals surface area contributed by atoms with Crippen molar-refractivity contribution in [1.82, 2.24) is 10.6 Å². The van der Waals surface area contributed by atoms with Crippen molar-refractivity contribution in [3.05, 3.63) is 34.3 Å². The van der Waals surface area contributed by atoms with E-state index >= 15 is 0 Å². The van der Waals surface area contributed by atoms with Gasteiger partial charge in [-0.05, 0) is 37.6 Å². The lowest BCUT2D eigenvalue weighted by molar-refractivity contribution is -0.121. The molecule has 1 aromatic rings. The number of benzene rings is 1. The van der Waals surface area contributed by atoms with Crippen LogP contribution in [0.15, 0.2) is 28.7 Å². The van der Waals surface area contributed by atoms with E-state index in [-0.39, 0.29) is 11.8 Å². The standard InChI is InChI=1S/C14H20BrN3O2/c15-12-5-1-4-11(10-12)14(20)18-9-3-8-17-13(19)6-2-7-16/h1,4-5,10H,2-3,6-9,16H2,(H,17,19)(H,18,20). The van der Waals surface area contributed by atoms with E-state index in [2.05, 4.69) is 26.6 Å². The van der Waals surface area contributed by atoms with Gasteiger partial charge in [0.25, 0.3) is 5.91 Å². The van der Waals surface area contributed by atoms with Gasteiger partial charge in [-0.2, -0.15) is 0 Å². The molecule has 0 aromatic heterocycles. The summed E-state index contributed by atoms with van der Waals surface area (Å²) in [4.78, 5) is 23.1. The molecule has 0 bridgehead atoms. The largest absolute Gasteiger partial charge is 0.356 e. The SMILES string of the molecule is NCCCC(=O)NCCCNC(=O)c1cccc(Br)c1. The number of halogens is 1. The quantitative estimate of drug-likeness (QED) is 0.625. The van der Waals surface area contributed by atoms with Gasteiger partial charge in [-0.3, -0.25) is 9.59 Å². The summed E-state index contributed by atoms with van der Waals surface area (Å²) in [6.07, 6.45) is 1.86. The molecule has 20 heavy (non-hydrogen) atoms. The molecule has 0 radical (unpaired) electrons. The molecule has 0 heterocycles. The smallest absolute Gasteiger partial charge is 0.251 e. The van der Waals surface area contributed by atoms with Crippen molar-refractivity contribution in [2.24, 2.45) is 5.73 Å². The molecule has 1 aromatic carbocycles. The normalized spacial score (nSPS) is 10.1. The molecular formula is C14H20BrN3O2. The van der Waals surface area contributed by atoms with Crippen LogP contribution in [0.5, 0.6) is 0 Å². The van der Waals surface area contributed by atoms with Crippen LogP contribution >= 0.6 is 15.9 Å². The minimum Gasteiger partial charge on any atom is -0.356 e. The highest BCUT2D eigenvalue weighted by Gasteiger charge is 2.05. The maximum atomic E-state index is 11.8. The van der Waals surface area contributed by atoms with Gasteiger partial charge >= 0.3 is 0 Å². The van der Waals surface area contributed by atoms with E-state index in [1.807, 2.05) is 12.1 Å². The first-order chi connectivity index (χ1) is 9.63. The number of hydrogen-bond donors (Lipinski definition) is 3. The summed E-state index contributed by atoms with van der Waals surface area (Å²) in [5, 5.41) is 5.60. The highest BCUT2D eigenvalue weighted by molar-refractivity contribution is 9.10. The molecule has 0 unspecified atom stereocenters. The molecule has 0 aliphatic rings. The number of carbonyl (C=O) groups excluding carboxylic acids is 2. The number of nitrogens with one attached hydrogen (secondary N) is 2. The fraction of sp³-hybridized carbons (Fsp3) is 0.429. The van der Waals surface area contributed by atoms with Crippen LogP contribution in [-0.4, -0.2) is 31.4 Å². The first-order valence-electron chi connectivity index (χ1n) is 6.64. The topological polar surface area (TPSA) is 84.2 Å². The zero-order valence-electron chi connectivity index (χ0n) is 11.3. The molecule has 110 valence electrons. The molecule has 0 saturated heterocycles. The van der Waals surface area contributed by atoms with E-state index in [4.69, 9.17) is 5.73 Å². The molecule has 0 aliphatic carbocycles. The van der Waals surface area contributed by atoms with Crippen molar-refractivity contribution in [3.8, 4) is 0 Å². The molecule has 5 nitrogen and oxygen atoms in total. The summed E-state index contributed by atoms with van der Waals surface area (Å²) < 4.78 is 0.873. The van der Waals surface area contributed by atoms with Crippen LogP contribution in [0.2, 0.25) is 0 Å². The number of hydrogen-bond acceptors (Lipinski definition) is 3. The van der Waals surface area contributed by atoms with Crippen molar-refractivity contribution >= 4 is 27.7 Å². The summed E-state index contributed by atoms with van der Waals surface area (Å²) in [5.41, 5.74) is 5.94. The van der Waals surface area contributed by atoms with Crippen LogP contribution in [0, 0.1) is 0 Å². The first kappa shape index (κ1) is 16.7. The van der Waals surface area contributed by atoms with Gasteiger partial charge in [-0.1, -0.05) is 22.0 Å². The van der Waals surface area contributed by atoms with E-state index < -0.39 is 0 Å². The zero-order valence-corrected chi connectivity index (χ0v) is 12.9. The Kier molecular flexibility index (Phi) is 7.91. The van der Waals surface area contributed by atoms with Crippen molar-refractivity contribution in [2.75, 3.05) is 19.6 Å². The van der Waals surface area contributed by atoms with E-state index in [0.717, 1.165) is 4.47 Å². The number of rotatable bonds is 8. The molecule has 0 fully saturated rings. The lowest BCUT2D eigenvalue weighted by Crippen LogP contribution is -2.30. The number of nitrogens with two attached hydrogens (primary N) is 1. The maximum absolute atomic E-state index is 11.8. The minimum absolute atomic E-state index is 0.00812. The molecule has 0 spiro atoms. The first-order valence-corrected chi connectivity index (χ1v) is 7.43. The Hall–Kier alpha value is -1.40. The average molecular weight is 342 g/mol. The van der Waals surface area contributed by atoms with Crippen LogP contribution in [0.25, 0.3) is 0 Å². The fourth-order valence-corrected chi connectivity index (χ4v) is 2.00. The minimum atomic E-state index is -0.110. The second-order valence-corrected chi connectivity index (χ2v) is 5.28. The number of amides is 2. The Labute approximate surface area is 127 Å². The van der Waals surface area contributed by atoms with Crippen LogP contribution in [0.4, 0.5) is 0 Å². The lowest BCUT2D eigenvalue weighted by atomic mass is 10.2. The van der Waals surface area contributed by atoms with E-state index in [9.17, 15) is 9.59 Å². The molecule has 1 rings (SSSR count). The molecule has 2 amide bonds. The van der Waals surface area contributed by atoms with Gasteiger partial charge < -0.3 is 16.4 Å².